The van der Waals surface area contributed by atoms with Crippen molar-refractivity contribution in [3.05, 3.63) is 17.5 Å². The van der Waals surface area contributed by atoms with Gasteiger partial charge in [-0.3, -0.25) is 9.59 Å². The number of thiophene rings is 1. The van der Waals surface area contributed by atoms with Crippen molar-refractivity contribution < 1.29 is 22.7 Å². The lowest BCUT2D eigenvalue weighted by Crippen LogP contribution is -2.46. The fraction of sp³-hybridized carbons (Fsp3) is 0.727. The molecule has 0 unspecified atom stereocenters. The van der Waals surface area contributed by atoms with Crippen LogP contribution in [0.2, 0.25) is 0 Å². The van der Waals surface area contributed by atoms with Crippen molar-refractivity contribution >= 4 is 33.2 Å². The molecular formula is C22H32N2O5S2. The second-order valence-electron chi connectivity index (χ2n) is 9.33. The van der Waals surface area contributed by atoms with Crippen molar-refractivity contribution in [2.75, 3.05) is 13.1 Å². The van der Waals surface area contributed by atoms with Crippen molar-refractivity contribution in [3.8, 4) is 0 Å². The van der Waals surface area contributed by atoms with Gasteiger partial charge in [-0.05, 0) is 75.2 Å². The highest BCUT2D eigenvalue weighted by Crippen LogP contribution is 2.49. The lowest BCUT2D eigenvalue weighted by atomic mass is 9.84. The van der Waals surface area contributed by atoms with E-state index in [1.165, 1.54) is 41.3 Å². The standard InChI is InChI=1S/C22H32N2O5S2/c1-14(19-13-16-5-6-18(19)12-16)23-21(25)15(2)29-22(26)17-7-9-24(10-8-17)31(27,28)20-4-3-11-30-20/h3-4,11,14-19H,5-10,12-13H2,1-2H3,(H,23,25)/t14-,15+,16+,18+,19+/m1/s1. The second kappa shape index (κ2) is 9.19. The third-order valence-electron chi connectivity index (χ3n) is 7.34. The number of ether oxygens (including phenoxy) is 1. The van der Waals surface area contributed by atoms with Gasteiger partial charge in [0.1, 0.15) is 4.21 Å². The third-order valence-corrected chi connectivity index (χ3v) is 10.6. The van der Waals surface area contributed by atoms with Crippen LogP contribution in [0.15, 0.2) is 21.7 Å². The Balaban J connectivity index is 1.23. The van der Waals surface area contributed by atoms with Crippen LogP contribution in [0, 0.1) is 23.7 Å². The molecule has 4 rings (SSSR count). The molecular weight excluding hydrogens is 436 g/mol. The summed E-state index contributed by atoms with van der Waals surface area (Å²) in [6.45, 7) is 4.22. The monoisotopic (exact) mass is 468 g/mol. The van der Waals surface area contributed by atoms with Gasteiger partial charge in [-0.25, -0.2) is 8.42 Å². The minimum Gasteiger partial charge on any atom is -0.452 e. The van der Waals surface area contributed by atoms with E-state index in [0.29, 0.717) is 28.9 Å². The van der Waals surface area contributed by atoms with E-state index in [1.807, 2.05) is 0 Å². The van der Waals surface area contributed by atoms with Gasteiger partial charge in [0.05, 0.1) is 5.92 Å². The van der Waals surface area contributed by atoms with E-state index in [4.69, 9.17) is 4.74 Å². The molecule has 7 nitrogen and oxygen atoms in total. The molecule has 1 N–H and O–H groups in total. The Labute approximate surface area is 188 Å². The summed E-state index contributed by atoms with van der Waals surface area (Å²) < 4.78 is 32.4. The van der Waals surface area contributed by atoms with Crippen LogP contribution >= 0.6 is 11.3 Å². The molecule has 31 heavy (non-hydrogen) atoms. The summed E-state index contributed by atoms with van der Waals surface area (Å²) in [5.74, 6) is 1.02. The molecule has 5 atom stereocenters. The van der Waals surface area contributed by atoms with Gasteiger partial charge in [0.15, 0.2) is 6.10 Å². The summed E-state index contributed by atoms with van der Waals surface area (Å²) >= 11 is 1.19. The van der Waals surface area contributed by atoms with Crippen LogP contribution in [0.5, 0.6) is 0 Å². The van der Waals surface area contributed by atoms with E-state index in [-0.39, 0.29) is 31.0 Å². The number of hydrogen-bond donors (Lipinski definition) is 1. The molecule has 2 saturated carbocycles. The number of hydrogen-bond acceptors (Lipinski definition) is 6. The molecule has 2 aliphatic carbocycles. The number of sulfonamides is 1. The van der Waals surface area contributed by atoms with Gasteiger partial charge in [0.2, 0.25) is 0 Å². The molecule has 2 heterocycles. The maximum absolute atomic E-state index is 12.6. The number of esters is 1. The Kier molecular flexibility index (Phi) is 6.74. The van der Waals surface area contributed by atoms with E-state index in [2.05, 4.69) is 12.2 Å². The molecule has 1 aromatic rings. The largest absolute Gasteiger partial charge is 0.452 e. The van der Waals surface area contributed by atoms with Gasteiger partial charge in [0.25, 0.3) is 15.9 Å². The smallest absolute Gasteiger partial charge is 0.309 e. The highest BCUT2D eigenvalue weighted by atomic mass is 32.2. The molecule has 0 radical (unpaired) electrons. The highest BCUT2D eigenvalue weighted by molar-refractivity contribution is 7.91. The molecule has 1 aromatic heterocycles. The van der Waals surface area contributed by atoms with E-state index in [9.17, 15) is 18.0 Å². The van der Waals surface area contributed by atoms with Gasteiger partial charge in [0, 0.05) is 19.1 Å². The molecule has 3 aliphatic rings. The van der Waals surface area contributed by atoms with Crippen molar-refractivity contribution in [1.82, 2.24) is 9.62 Å². The first-order valence-electron chi connectivity index (χ1n) is 11.3. The Morgan fingerprint density at radius 1 is 1.16 bits per heavy atom. The molecule has 1 saturated heterocycles. The summed E-state index contributed by atoms with van der Waals surface area (Å²) in [5, 5.41) is 4.79. The van der Waals surface area contributed by atoms with Crippen molar-refractivity contribution in [2.24, 2.45) is 23.7 Å². The number of carbonyl (C=O) groups excluding carboxylic acids is 2. The van der Waals surface area contributed by atoms with Crippen molar-refractivity contribution in [3.63, 3.8) is 0 Å². The fourth-order valence-electron chi connectivity index (χ4n) is 5.55. The predicted molar refractivity (Wildman–Crippen MR) is 118 cm³/mol. The first kappa shape index (κ1) is 22.7. The van der Waals surface area contributed by atoms with Crippen LogP contribution in [0.4, 0.5) is 0 Å². The zero-order chi connectivity index (χ0) is 22.2. The van der Waals surface area contributed by atoms with E-state index >= 15 is 0 Å². The minimum atomic E-state index is -3.49. The van der Waals surface area contributed by atoms with E-state index < -0.39 is 22.1 Å². The van der Waals surface area contributed by atoms with Gasteiger partial charge in [-0.1, -0.05) is 12.5 Å². The van der Waals surface area contributed by atoms with E-state index in [0.717, 1.165) is 5.92 Å². The van der Waals surface area contributed by atoms with Crippen LogP contribution in [0.25, 0.3) is 0 Å². The van der Waals surface area contributed by atoms with Gasteiger partial charge < -0.3 is 10.1 Å². The van der Waals surface area contributed by atoms with Crippen molar-refractivity contribution in [1.29, 1.82) is 0 Å². The molecule has 0 spiro atoms. The number of rotatable bonds is 7. The minimum absolute atomic E-state index is 0.0923. The Morgan fingerprint density at radius 3 is 2.48 bits per heavy atom. The number of carbonyl (C=O) groups is 2. The Bertz CT molecular complexity index is 893. The van der Waals surface area contributed by atoms with Gasteiger partial charge >= 0.3 is 5.97 Å². The zero-order valence-corrected chi connectivity index (χ0v) is 19.8. The Hall–Kier alpha value is -1.45. The summed E-state index contributed by atoms with van der Waals surface area (Å²) in [6.07, 6.45) is 5.02. The lowest BCUT2D eigenvalue weighted by Gasteiger charge is -2.31. The summed E-state index contributed by atoms with van der Waals surface area (Å²) in [4.78, 5) is 25.2. The first-order valence-corrected chi connectivity index (χ1v) is 13.6. The Morgan fingerprint density at radius 2 is 1.90 bits per heavy atom. The van der Waals surface area contributed by atoms with E-state index in [1.54, 1.807) is 24.4 Å². The van der Waals surface area contributed by atoms with Gasteiger partial charge in [-0.2, -0.15) is 4.31 Å². The number of amides is 1. The maximum atomic E-state index is 12.6. The van der Waals surface area contributed by atoms with Crippen LogP contribution < -0.4 is 5.32 Å². The average Bonchev–Trinajstić information content (AvgIpc) is 3.52. The molecule has 1 amide bonds. The topological polar surface area (TPSA) is 92.8 Å². The fourth-order valence-corrected chi connectivity index (χ4v) is 8.16. The molecule has 2 bridgehead atoms. The first-order chi connectivity index (χ1) is 14.8. The van der Waals surface area contributed by atoms with Gasteiger partial charge in [-0.15, -0.1) is 11.3 Å². The van der Waals surface area contributed by atoms with Crippen LogP contribution in [0.3, 0.4) is 0 Å². The van der Waals surface area contributed by atoms with Crippen LogP contribution in [-0.2, 0) is 24.3 Å². The molecule has 0 aromatic carbocycles. The summed E-state index contributed by atoms with van der Waals surface area (Å²) in [6, 6.07) is 3.40. The van der Waals surface area contributed by atoms with Crippen molar-refractivity contribution in [2.45, 2.75) is 68.7 Å². The second-order valence-corrected chi connectivity index (χ2v) is 12.4. The summed E-state index contributed by atoms with van der Waals surface area (Å²) in [7, 11) is -3.49. The molecule has 9 heteroatoms. The number of nitrogens with one attached hydrogen (secondary N) is 1. The number of nitrogens with zero attached hydrogens (tertiary/aromatic N) is 1. The average molecular weight is 469 g/mol. The molecule has 3 fully saturated rings. The molecule has 172 valence electrons. The maximum Gasteiger partial charge on any atom is 0.309 e. The number of piperidine rings is 1. The zero-order valence-electron chi connectivity index (χ0n) is 18.2. The van der Waals surface area contributed by atoms with Crippen LogP contribution in [0.1, 0.15) is 52.4 Å². The summed E-state index contributed by atoms with van der Waals surface area (Å²) in [5.41, 5.74) is 0. The highest BCUT2D eigenvalue weighted by Gasteiger charge is 2.42. The number of fused-ring (bicyclic) bond motifs is 2. The lowest BCUT2D eigenvalue weighted by molar-refractivity contribution is -0.160. The third kappa shape index (κ3) is 4.83. The SMILES string of the molecule is C[C@H](OC(=O)C1CCN(S(=O)(=O)c2cccs2)CC1)C(=O)N[C@H](C)[C@@H]1C[C@H]2CC[C@H]1C2. The predicted octanol–water partition coefficient (Wildman–Crippen LogP) is 3.02. The quantitative estimate of drug-likeness (QED) is 0.621. The normalized spacial score (nSPS) is 28.9. The molecule has 1 aliphatic heterocycles. The van der Waals surface area contributed by atoms with Crippen LogP contribution in [-0.4, -0.2) is 49.8 Å².